The summed E-state index contributed by atoms with van der Waals surface area (Å²) in [6.07, 6.45) is 0.961. The predicted octanol–water partition coefficient (Wildman–Crippen LogP) is 0.821. The number of hydrogen-bond acceptors (Lipinski definition) is 4. The van der Waals surface area contributed by atoms with Crippen molar-refractivity contribution >= 4 is 21.9 Å². The highest BCUT2D eigenvalue weighted by Crippen LogP contribution is 2.29. The third-order valence-corrected chi connectivity index (χ3v) is 5.56. The lowest BCUT2D eigenvalue weighted by Gasteiger charge is -2.31. The van der Waals surface area contributed by atoms with Gasteiger partial charge in [0.05, 0.1) is 4.90 Å². The maximum atomic E-state index is 12.2. The van der Waals surface area contributed by atoms with Gasteiger partial charge in [-0.2, -0.15) is 0 Å². The molecule has 1 aromatic rings. The number of aliphatic carboxylic acids is 1. The maximum absolute atomic E-state index is 12.2. The molecule has 23 heavy (non-hydrogen) atoms. The van der Waals surface area contributed by atoms with Crippen LogP contribution in [0, 0.1) is 0 Å². The van der Waals surface area contributed by atoms with E-state index in [1.165, 1.54) is 24.0 Å². The van der Waals surface area contributed by atoms with Gasteiger partial charge in [-0.15, -0.1) is 0 Å². The topological polar surface area (TPSA) is 104 Å². The molecule has 0 spiro atoms. The summed E-state index contributed by atoms with van der Waals surface area (Å²) in [4.78, 5) is 25.0. The summed E-state index contributed by atoms with van der Waals surface area (Å²) in [5, 5.41) is 9.29. The highest BCUT2D eigenvalue weighted by atomic mass is 32.2. The number of sulfonamides is 1. The van der Waals surface area contributed by atoms with Crippen LogP contribution in [0.25, 0.3) is 0 Å². The molecule has 0 radical (unpaired) electrons. The number of nitrogens with one attached hydrogen (secondary N) is 1. The van der Waals surface area contributed by atoms with E-state index in [0.29, 0.717) is 19.4 Å². The first-order valence-corrected chi connectivity index (χ1v) is 8.84. The van der Waals surface area contributed by atoms with Crippen molar-refractivity contribution in [3.05, 3.63) is 30.3 Å². The Bertz CT molecular complexity index is 689. The minimum atomic E-state index is -3.66. The van der Waals surface area contributed by atoms with Gasteiger partial charge >= 0.3 is 5.97 Å². The molecule has 7 nitrogen and oxygen atoms in total. The zero-order chi connectivity index (χ0) is 17.1. The molecule has 1 amide bonds. The quantitative estimate of drug-likeness (QED) is 0.798. The van der Waals surface area contributed by atoms with E-state index >= 15 is 0 Å². The zero-order valence-corrected chi connectivity index (χ0v) is 13.7. The third kappa shape index (κ3) is 3.70. The lowest BCUT2D eigenvalue weighted by Crippen LogP contribution is -2.51. The van der Waals surface area contributed by atoms with Crippen LogP contribution in [0.1, 0.15) is 26.2 Å². The number of carboxylic acid groups (broad SMARTS) is 1. The molecule has 1 aromatic carbocycles. The number of hydrogen-bond donors (Lipinski definition) is 2. The smallest absolute Gasteiger partial charge is 0.329 e. The van der Waals surface area contributed by atoms with Crippen LogP contribution in [0.4, 0.5) is 0 Å². The number of carbonyl (C=O) groups is 2. The Morgan fingerprint density at radius 3 is 2.57 bits per heavy atom. The van der Waals surface area contributed by atoms with Crippen molar-refractivity contribution in [1.82, 2.24) is 9.62 Å². The number of amides is 1. The second-order valence-corrected chi connectivity index (χ2v) is 7.46. The minimum Gasteiger partial charge on any atom is -0.480 e. The number of likely N-dealkylation sites (tertiary alicyclic amines) is 1. The molecule has 2 N–H and O–H groups in total. The Morgan fingerprint density at radius 1 is 1.30 bits per heavy atom. The Labute approximate surface area is 135 Å². The van der Waals surface area contributed by atoms with Crippen LogP contribution in [0.15, 0.2) is 35.2 Å². The summed E-state index contributed by atoms with van der Waals surface area (Å²) in [5.74, 6) is -1.39. The van der Waals surface area contributed by atoms with E-state index in [-0.39, 0.29) is 23.8 Å². The summed E-state index contributed by atoms with van der Waals surface area (Å²) in [6.45, 7) is 1.84. The van der Waals surface area contributed by atoms with Gasteiger partial charge < -0.3 is 10.0 Å². The lowest BCUT2D eigenvalue weighted by atomic mass is 9.99. The van der Waals surface area contributed by atoms with Crippen LogP contribution < -0.4 is 4.72 Å². The van der Waals surface area contributed by atoms with E-state index in [4.69, 9.17) is 0 Å². The van der Waals surface area contributed by atoms with Crippen molar-refractivity contribution in [2.75, 3.05) is 13.1 Å². The van der Waals surface area contributed by atoms with Gasteiger partial charge in [0.1, 0.15) is 5.54 Å². The summed E-state index contributed by atoms with van der Waals surface area (Å²) < 4.78 is 26.4. The molecule has 1 fully saturated rings. The van der Waals surface area contributed by atoms with E-state index in [1.54, 1.807) is 18.2 Å². The first-order valence-electron chi connectivity index (χ1n) is 7.36. The van der Waals surface area contributed by atoms with Gasteiger partial charge in [0.2, 0.25) is 15.9 Å². The van der Waals surface area contributed by atoms with E-state index < -0.39 is 21.5 Å². The summed E-state index contributed by atoms with van der Waals surface area (Å²) in [6, 6.07) is 7.87. The van der Waals surface area contributed by atoms with Crippen molar-refractivity contribution in [1.29, 1.82) is 0 Å². The standard InChI is InChI=1S/C15H20N2O5S/c1-15(14(19)20)9-5-11-17(15)13(18)8-10-16-23(21,22)12-6-3-2-4-7-12/h2-4,6-7,16H,5,8-11H2,1H3,(H,19,20). The van der Waals surface area contributed by atoms with Crippen LogP contribution in [0.3, 0.4) is 0 Å². The first-order chi connectivity index (χ1) is 10.8. The Balaban J connectivity index is 1.94. The zero-order valence-electron chi connectivity index (χ0n) is 12.9. The van der Waals surface area contributed by atoms with Gasteiger partial charge in [-0.1, -0.05) is 18.2 Å². The minimum absolute atomic E-state index is 0.0672. The number of nitrogens with zero attached hydrogens (tertiary/aromatic N) is 1. The van der Waals surface area contributed by atoms with Crippen molar-refractivity contribution in [3.63, 3.8) is 0 Å². The van der Waals surface area contributed by atoms with Gasteiger partial charge in [0, 0.05) is 19.5 Å². The van der Waals surface area contributed by atoms with Gasteiger partial charge in [0.15, 0.2) is 0 Å². The molecule has 1 aliphatic heterocycles. The average Bonchev–Trinajstić information content (AvgIpc) is 2.91. The SMILES string of the molecule is CC1(C(=O)O)CCCN1C(=O)CCNS(=O)(=O)c1ccccc1. The molecular formula is C15H20N2O5S. The Morgan fingerprint density at radius 2 is 1.96 bits per heavy atom. The Kier molecular flexibility index (Phi) is 5.06. The van der Waals surface area contributed by atoms with Gasteiger partial charge in [-0.3, -0.25) is 4.79 Å². The summed E-state index contributed by atoms with van der Waals surface area (Å²) in [7, 11) is -3.66. The van der Waals surface area contributed by atoms with Gasteiger partial charge in [-0.05, 0) is 31.9 Å². The molecule has 126 valence electrons. The molecule has 1 aliphatic rings. The van der Waals surface area contributed by atoms with Crippen molar-refractivity contribution in [2.24, 2.45) is 0 Å². The fourth-order valence-electron chi connectivity index (χ4n) is 2.70. The van der Waals surface area contributed by atoms with Crippen molar-refractivity contribution < 1.29 is 23.1 Å². The molecule has 0 saturated carbocycles. The molecule has 2 rings (SSSR count). The number of rotatable bonds is 6. The largest absolute Gasteiger partial charge is 0.480 e. The molecule has 8 heteroatoms. The van der Waals surface area contributed by atoms with E-state index in [1.807, 2.05) is 0 Å². The highest BCUT2D eigenvalue weighted by molar-refractivity contribution is 7.89. The van der Waals surface area contributed by atoms with Crippen molar-refractivity contribution in [3.8, 4) is 0 Å². The number of carbonyl (C=O) groups excluding carboxylic acids is 1. The first kappa shape index (κ1) is 17.4. The summed E-state index contributed by atoms with van der Waals surface area (Å²) in [5.41, 5.74) is -1.20. The third-order valence-electron chi connectivity index (χ3n) is 4.09. The molecule has 0 bridgehead atoms. The molecule has 0 aliphatic carbocycles. The van der Waals surface area contributed by atoms with E-state index in [2.05, 4.69) is 4.72 Å². The Hall–Kier alpha value is -1.93. The normalized spacial score (nSPS) is 21.3. The number of carboxylic acids is 1. The van der Waals surface area contributed by atoms with Crippen LogP contribution >= 0.6 is 0 Å². The number of benzene rings is 1. The molecule has 1 atom stereocenters. The molecule has 1 heterocycles. The highest BCUT2D eigenvalue weighted by Gasteiger charge is 2.45. The molecule has 0 aromatic heterocycles. The maximum Gasteiger partial charge on any atom is 0.329 e. The predicted molar refractivity (Wildman–Crippen MR) is 83.2 cm³/mol. The summed E-state index contributed by atoms with van der Waals surface area (Å²) >= 11 is 0. The van der Waals surface area contributed by atoms with Crippen LogP contribution in [-0.4, -0.2) is 48.9 Å². The average molecular weight is 340 g/mol. The fourth-order valence-corrected chi connectivity index (χ4v) is 3.75. The second-order valence-electron chi connectivity index (χ2n) is 5.69. The fraction of sp³-hybridized carbons (Fsp3) is 0.467. The van der Waals surface area contributed by atoms with E-state index in [9.17, 15) is 23.1 Å². The molecule has 1 saturated heterocycles. The van der Waals surface area contributed by atoms with Crippen LogP contribution in [0.5, 0.6) is 0 Å². The van der Waals surface area contributed by atoms with E-state index in [0.717, 1.165) is 0 Å². The molecule has 1 unspecified atom stereocenters. The van der Waals surface area contributed by atoms with Crippen LogP contribution in [-0.2, 0) is 19.6 Å². The van der Waals surface area contributed by atoms with Crippen LogP contribution in [0.2, 0.25) is 0 Å². The van der Waals surface area contributed by atoms with Crippen molar-refractivity contribution in [2.45, 2.75) is 36.6 Å². The van der Waals surface area contributed by atoms with Gasteiger partial charge in [-0.25, -0.2) is 17.9 Å². The monoisotopic (exact) mass is 340 g/mol. The lowest BCUT2D eigenvalue weighted by molar-refractivity contribution is -0.155. The second kappa shape index (κ2) is 6.67. The molecular weight excluding hydrogens is 320 g/mol. The van der Waals surface area contributed by atoms with Gasteiger partial charge in [0.25, 0.3) is 0 Å².